The number of hydrogen-bond donors (Lipinski definition) is 0. The number of hydrogen-bond acceptors (Lipinski definition) is 1. The summed E-state index contributed by atoms with van der Waals surface area (Å²) in [5, 5.41) is 0. The van der Waals surface area contributed by atoms with Gasteiger partial charge in [0.2, 0.25) is 0 Å². The number of likely N-dealkylation sites (tertiary alicyclic amines) is 1. The molecule has 4 rings (SSSR count). The first-order chi connectivity index (χ1) is 10.4. The van der Waals surface area contributed by atoms with Crippen LogP contribution in [0.2, 0.25) is 0 Å². The van der Waals surface area contributed by atoms with E-state index in [1.54, 1.807) is 0 Å². The van der Waals surface area contributed by atoms with E-state index in [4.69, 9.17) is 0 Å². The molecule has 0 amide bonds. The molecule has 1 heteroatoms. The molecule has 2 aliphatic rings. The summed E-state index contributed by atoms with van der Waals surface area (Å²) < 4.78 is 0. The van der Waals surface area contributed by atoms with E-state index in [0.29, 0.717) is 6.04 Å². The van der Waals surface area contributed by atoms with Gasteiger partial charge in [-0.05, 0) is 36.3 Å². The molecule has 1 aliphatic carbocycles. The maximum absolute atomic E-state index is 2.81. The summed E-state index contributed by atoms with van der Waals surface area (Å²) in [4.78, 5) is 2.81. The first-order valence-electron chi connectivity index (χ1n) is 8.25. The molecule has 0 spiro atoms. The fourth-order valence-electron chi connectivity index (χ4n) is 4.18. The van der Waals surface area contributed by atoms with Gasteiger partial charge in [0.15, 0.2) is 0 Å². The zero-order chi connectivity index (χ0) is 14.2. The monoisotopic (exact) mass is 277 g/mol. The second-order valence-corrected chi connectivity index (χ2v) is 6.53. The summed E-state index contributed by atoms with van der Waals surface area (Å²) in [6.07, 6.45) is 4.08. The number of nitrogens with zero attached hydrogens (tertiary/aromatic N) is 1. The Bertz CT molecular complexity index is 552. The van der Waals surface area contributed by atoms with E-state index in [2.05, 4.69) is 72.5 Å². The lowest BCUT2D eigenvalue weighted by Crippen LogP contribution is -2.36. The van der Waals surface area contributed by atoms with Crippen molar-refractivity contribution in [1.29, 1.82) is 0 Å². The van der Waals surface area contributed by atoms with E-state index in [1.807, 2.05) is 0 Å². The average Bonchev–Trinajstić information content (AvgIpc) is 3.23. The Balaban J connectivity index is 1.77. The van der Waals surface area contributed by atoms with E-state index >= 15 is 0 Å². The molecule has 1 saturated heterocycles. The summed E-state index contributed by atoms with van der Waals surface area (Å²) in [7, 11) is 0. The van der Waals surface area contributed by atoms with E-state index in [-0.39, 0.29) is 0 Å². The van der Waals surface area contributed by atoms with Crippen LogP contribution in [-0.2, 0) is 0 Å². The first-order valence-corrected chi connectivity index (χ1v) is 8.25. The van der Waals surface area contributed by atoms with Crippen LogP contribution >= 0.6 is 0 Å². The highest BCUT2D eigenvalue weighted by Gasteiger charge is 2.53. The van der Waals surface area contributed by atoms with Crippen LogP contribution in [0.1, 0.15) is 43.4 Å². The van der Waals surface area contributed by atoms with E-state index in [1.165, 1.54) is 30.4 Å². The minimum atomic E-state index is 0.426. The molecule has 0 N–H and O–H groups in total. The van der Waals surface area contributed by atoms with Crippen LogP contribution in [-0.4, -0.2) is 17.0 Å². The molecular weight excluding hydrogens is 254 g/mol. The molecule has 2 aromatic carbocycles. The lowest BCUT2D eigenvalue weighted by molar-refractivity contribution is 0.169. The molecule has 1 nitrogen and oxygen atoms in total. The molecule has 1 aliphatic heterocycles. The van der Waals surface area contributed by atoms with Crippen molar-refractivity contribution in [2.24, 2.45) is 5.92 Å². The SMILES string of the molecule is CC[C@@H]1C[C@H]2C[C@H]2N1C(c1ccccc1)c1ccccc1. The zero-order valence-corrected chi connectivity index (χ0v) is 12.7. The van der Waals surface area contributed by atoms with Crippen molar-refractivity contribution < 1.29 is 0 Å². The molecule has 2 aromatic rings. The summed E-state index contributed by atoms with van der Waals surface area (Å²) in [6, 6.07) is 24.1. The molecule has 0 radical (unpaired) electrons. The molecule has 0 bridgehead atoms. The van der Waals surface area contributed by atoms with Gasteiger partial charge in [0, 0.05) is 12.1 Å². The Morgan fingerprint density at radius 2 is 1.48 bits per heavy atom. The molecule has 1 heterocycles. The van der Waals surface area contributed by atoms with Crippen LogP contribution in [0.5, 0.6) is 0 Å². The van der Waals surface area contributed by atoms with Gasteiger partial charge < -0.3 is 0 Å². The van der Waals surface area contributed by atoms with Crippen LogP contribution in [0, 0.1) is 5.92 Å². The van der Waals surface area contributed by atoms with Gasteiger partial charge in [0.05, 0.1) is 6.04 Å². The molecular formula is C20H23N. The minimum absolute atomic E-state index is 0.426. The van der Waals surface area contributed by atoms with E-state index < -0.39 is 0 Å². The van der Waals surface area contributed by atoms with Crippen molar-refractivity contribution in [3.63, 3.8) is 0 Å². The Hall–Kier alpha value is -1.60. The number of benzene rings is 2. The largest absolute Gasteiger partial charge is 0.286 e. The van der Waals surface area contributed by atoms with Gasteiger partial charge in [0.1, 0.15) is 0 Å². The maximum atomic E-state index is 2.81. The van der Waals surface area contributed by atoms with Crippen LogP contribution in [0.15, 0.2) is 60.7 Å². The third-order valence-electron chi connectivity index (χ3n) is 5.26. The Labute approximate surface area is 127 Å². The number of fused-ring (bicyclic) bond motifs is 1. The zero-order valence-electron chi connectivity index (χ0n) is 12.7. The van der Waals surface area contributed by atoms with Gasteiger partial charge in [-0.1, -0.05) is 67.6 Å². The highest BCUT2D eigenvalue weighted by atomic mass is 15.3. The van der Waals surface area contributed by atoms with Crippen molar-refractivity contribution in [3.8, 4) is 0 Å². The Kier molecular flexibility index (Phi) is 3.31. The maximum Gasteiger partial charge on any atom is 0.0606 e. The normalized spacial score (nSPS) is 27.8. The van der Waals surface area contributed by atoms with Gasteiger partial charge in [-0.15, -0.1) is 0 Å². The van der Waals surface area contributed by atoms with Gasteiger partial charge >= 0.3 is 0 Å². The third-order valence-corrected chi connectivity index (χ3v) is 5.26. The highest BCUT2D eigenvalue weighted by Crippen LogP contribution is 2.53. The van der Waals surface area contributed by atoms with Crippen LogP contribution < -0.4 is 0 Å². The second-order valence-electron chi connectivity index (χ2n) is 6.53. The standard InChI is InChI=1S/C20H23N/c1-2-18-13-17-14-19(17)21(18)20(15-9-5-3-6-10-15)16-11-7-4-8-12-16/h3-12,17-20H,2,13-14H2,1H3/t17-,18+,19+/m0/s1. The Morgan fingerprint density at radius 1 is 0.905 bits per heavy atom. The molecule has 0 aromatic heterocycles. The topological polar surface area (TPSA) is 3.24 Å². The van der Waals surface area contributed by atoms with Gasteiger partial charge in [-0.2, -0.15) is 0 Å². The van der Waals surface area contributed by atoms with Crippen LogP contribution in [0.4, 0.5) is 0 Å². The van der Waals surface area contributed by atoms with Crippen molar-refractivity contribution in [1.82, 2.24) is 4.90 Å². The van der Waals surface area contributed by atoms with Crippen molar-refractivity contribution >= 4 is 0 Å². The van der Waals surface area contributed by atoms with Crippen molar-refractivity contribution in [3.05, 3.63) is 71.8 Å². The van der Waals surface area contributed by atoms with E-state index in [0.717, 1.165) is 18.0 Å². The molecule has 108 valence electrons. The summed E-state index contributed by atoms with van der Waals surface area (Å²) in [5.41, 5.74) is 2.88. The molecule has 2 fully saturated rings. The highest BCUT2D eigenvalue weighted by molar-refractivity contribution is 5.33. The van der Waals surface area contributed by atoms with E-state index in [9.17, 15) is 0 Å². The fraction of sp³-hybridized carbons (Fsp3) is 0.400. The van der Waals surface area contributed by atoms with Crippen molar-refractivity contribution in [2.75, 3.05) is 0 Å². The van der Waals surface area contributed by atoms with Crippen molar-refractivity contribution in [2.45, 2.75) is 44.3 Å². The predicted molar refractivity (Wildman–Crippen MR) is 87.2 cm³/mol. The van der Waals surface area contributed by atoms with Gasteiger partial charge in [0.25, 0.3) is 0 Å². The third kappa shape index (κ3) is 2.30. The number of rotatable bonds is 4. The average molecular weight is 277 g/mol. The molecule has 21 heavy (non-hydrogen) atoms. The van der Waals surface area contributed by atoms with Gasteiger partial charge in [-0.3, -0.25) is 4.90 Å². The molecule has 3 atom stereocenters. The smallest absolute Gasteiger partial charge is 0.0606 e. The summed E-state index contributed by atoms with van der Waals surface area (Å²) in [5.74, 6) is 0.963. The number of piperidine rings is 1. The predicted octanol–water partition coefficient (Wildman–Crippen LogP) is 4.65. The molecule has 0 unspecified atom stereocenters. The Morgan fingerprint density at radius 3 is 2.00 bits per heavy atom. The second kappa shape index (κ2) is 5.31. The first kappa shape index (κ1) is 13.1. The fourth-order valence-corrected chi connectivity index (χ4v) is 4.18. The summed E-state index contributed by atoms with van der Waals surface area (Å²) >= 11 is 0. The summed E-state index contributed by atoms with van der Waals surface area (Å²) in [6.45, 7) is 2.34. The minimum Gasteiger partial charge on any atom is -0.286 e. The van der Waals surface area contributed by atoms with Gasteiger partial charge in [-0.25, -0.2) is 0 Å². The lowest BCUT2D eigenvalue weighted by Gasteiger charge is -2.35. The molecule has 1 saturated carbocycles. The van der Waals surface area contributed by atoms with Crippen LogP contribution in [0.25, 0.3) is 0 Å². The van der Waals surface area contributed by atoms with Crippen LogP contribution in [0.3, 0.4) is 0 Å². The quantitative estimate of drug-likeness (QED) is 0.786. The lowest BCUT2D eigenvalue weighted by atomic mass is 9.95.